The molecule has 1 unspecified atom stereocenters. The molecule has 1 heterocycles. The van der Waals surface area contributed by atoms with Gasteiger partial charge in [-0.05, 0) is 63.1 Å². The first kappa shape index (κ1) is 19.6. The summed E-state index contributed by atoms with van der Waals surface area (Å²) in [6.07, 6.45) is 5.60. The van der Waals surface area contributed by atoms with Crippen LogP contribution < -0.4 is 10.0 Å². The van der Waals surface area contributed by atoms with E-state index in [-0.39, 0.29) is 11.3 Å². The molecule has 3 rings (SSSR count). The summed E-state index contributed by atoms with van der Waals surface area (Å²) in [5.74, 6) is 0.598. The van der Waals surface area contributed by atoms with Crippen LogP contribution in [0.15, 0.2) is 23.7 Å². The van der Waals surface area contributed by atoms with Crippen molar-refractivity contribution in [1.29, 1.82) is 0 Å². The molecule has 0 radical (unpaired) electrons. The van der Waals surface area contributed by atoms with Crippen LogP contribution >= 0.6 is 11.3 Å². The van der Waals surface area contributed by atoms with Crippen LogP contribution in [0.25, 0.3) is 10.2 Å². The number of nitrogens with one attached hydrogen (secondary N) is 2. The highest BCUT2D eigenvalue weighted by Crippen LogP contribution is 2.27. The largest absolute Gasteiger partial charge is 0.385 e. The molecule has 1 fully saturated rings. The van der Waals surface area contributed by atoms with Crippen molar-refractivity contribution in [2.75, 3.05) is 11.9 Å². The highest BCUT2D eigenvalue weighted by molar-refractivity contribution is 7.90. The van der Waals surface area contributed by atoms with Gasteiger partial charge in [-0.3, -0.25) is 0 Å². The number of sulfonamides is 1. The zero-order valence-electron chi connectivity index (χ0n) is 15.6. The summed E-state index contributed by atoms with van der Waals surface area (Å²) >= 11 is 1.66. The van der Waals surface area contributed by atoms with Crippen molar-refractivity contribution >= 4 is 37.3 Å². The number of aromatic nitrogens is 1. The zero-order chi connectivity index (χ0) is 18.6. The van der Waals surface area contributed by atoms with E-state index in [2.05, 4.69) is 33.2 Å². The van der Waals surface area contributed by atoms with Gasteiger partial charge in [0.25, 0.3) is 0 Å². The molecule has 0 spiro atoms. The molecule has 5 nitrogen and oxygen atoms in total. The Hall–Kier alpha value is -1.18. The lowest BCUT2D eigenvalue weighted by atomic mass is 9.86. The number of nitrogens with zero attached hydrogens (tertiary/aromatic N) is 1. The van der Waals surface area contributed by atoms with Gasteiger partial charge in [-0.15, -0.1) is 11.3 Å². The summed E-state index contributed by atoms with van der Waals surface area (Å²) in [6, 6.07) is 6.39. The molecule has 144 valence electrons. The number of benzene rings is 1. The Morgan fingerprint density at radius 2 is 2.04 bits per heavy atom. The molecule has 0 aliphatic heterocycles. The van der Waals surface area contributed by atoms with Crippen molar-refractivity contribution in [3.63, 3.8) is 0 Å². The van der Waals surface area contributed by atoms with Gasteiger partial charge in [-0.25, -0.2) is 18.1 Å². The number of rotatable bonds is 8. The predicted octanol–water partition coefficient (Wildman–Crippen LogP) is 4.38. The quantitative estimate of drug-likeness (QED) is 0.696. The molecular weight excluding hydrogens is 366 g/mol. The van der Waals surface area contributed by atoms with Gasteiger partial charge in [-0.1, -0.05) is 13.3 Å². The molecule has 1 aliphatic rings. The first-order chi connectivity index (χ1) is 12.5. The lowest BCUT2D eigenvalue weighted by Gasteiger charge is -2.30. The maximum Gasteiger partial charge on any atom is 0.214 e. The third-order valence-corrected chi connectivity index (χ3v) is 8.08. The van der Waals surface area contributed by atoms with Crippen molar-refractivity contribution < 1.29 is 8.42 Å². The van der Waals surface area contributed by atoms with E-state index in [9.17, 15) is 8.42 Å². The molecule has 1 aromatic carbocycles. The fraction of sp³-hybridized carbons (Fsp3) is 0.632. The third kappa shape index (κ3) is 4.96. The maximum absolute atomic E-state index is 12.3. The molecule has 2 N–H and O–H groups in total. The molecule has 2 aromatic rings. The number of hydrogen-bond acceptors (Lipinski definition) is 5. The van der Waals surface area contributed by atoms with Crippen LogP contribution in [0.1, 0.15) is 52.4 Å². The van der Waals surface area contributed by atoms with E-state index in [1.807, 2.05) is 12.4 Å². The van der Waals surface area contributed by atoms with Crippen LogP contribution in [0.5, 0.6) is 0 Å². The van der Waals surface area contributed by atoms with Crippen LogP contribution in [0.4, 0.5) is 5.69 Å². The monoisotopic (exact) mass is 395 g/mol. The minimum Gasteiger partial charge on any atom is -0.385 e. The summed E-state index contributed by atoms with van der Waals surface area (Å²) < 4.78 is 28.8. The molecule has 1 saturated carbocycles. The molecular formula is C19H29N3O2S2. The second kappa shape index (κ2) is 8.67. The highest BCUT2D eigenvalue weighted by Gasteiger charge is 2.27. The van der Waals surface area contributed by atoms with E-state index < -0.39 is 10.0 Å². The number of thiazole rings is 1. The van der Waals surface area contributed by atoms with E-state index in [1.165, 1.54) is 4.70 Å². The summed E-state index contributed by atoms with van der Waals surface area (Å²) in [6.45, 7) is 4.77. The number of fused-ring (bicyclic) bond motifs is 1. The average molecular weight is 396 g/mol. The van der Waals surface area contributed by atoms with E-state index in [0.717, 1.165) is 56.3 Å². The molecule has 0 amide bonds. The summed E-state index contributed by atoms with van der Waals surface area (Å²) in [5.41, 5.74) is 4.06. The lowest BCUT2D eigenvalue weighted by molar-refractivity contribution is 0.323. The van der Waals surface area contributed by atoms with Crippen molar-refractivity contribution in [3.8, 4) is 0 Å². The number of hydrogen-bond donors (Lipinski definition) is 2. The molecule has 26 heavy (non-hydrogen) atoms. The normalized spacial score (nSPS) is 22.4. The SMILES string of the molecule is CCCC(C)S(=O)(=O)NC1CCC(CNc2ccc3ncsc3c2)CC1. The second-order valence-corrected chi connectivity index (χ2v) is 10.4. The van der Waals surface area contributed by atoms with Gasteiger partial charge in [0, 0.05) is 18.3 Å². The van der Waals surface area contributed by atoms with Gasteiger partial charge < -0.3 is 5.32 Å². The summed E-state index contributed by atoms with van der Waals surface area (Å²) in [4.78, 5) is 4.31. The fourth-order valence-corrected chi connectivity index (χ4v) is 5.82. The van der Waals surface area contributed by atoms with Crippen LogP contribution in [0.2, 0.25) is 0 Å². The van der Waals surface area contributed by atoms with Gasteiger partial charge in [0.2, 0.25) is 10.0 Å². The predicted molar refractivity (Wildman–Crippen MR) is 110 cm³/mol. The Balaban J connectivity index is 1.45. The second-order valence-electron chi connectivity index (χ2n) is 7.40. The lowest BCUT2D eigenvalue weighted by Crippen LogP contribution is -2.42. The molecule has 7 heteroatoms. The van der Waals surface area contributed by atoms with Crippen LogP contribution in [0, 0.1) is 5.92 Å². The first-order valence-electron chi connectivity index (χ1n) is 9.56. The smallest absolute Gasteiger partial charge is 0.214 e. The van der Waals surface area contributed by atoms with E-state index in [4.69, 9.17) is 0 Å². The molecule has 0 bridgehead atoms. The highest BCUT2D eigenvalue weighted by atomic mass is 32.2. The Morgan fingerprint density at radius 1 is 1.27 bits per heavy atom. The summed E-state index contributed by atoms with van der Waals surface area (Å²) in [7, 11) is -3.18. The van der Waals surface area contributed by atoms with Gasteiger partial charge >= 0.3 is 0 Å². The maximum atomic E-state index is 12.3. The van der Waals surface area contributed by atoms with Gasteiger partial charge in [0.15, 0.2) is 0 Å². The van der Waals surface area contributed by atoms with E-state index in [1.54, 1.807) is 18.3 Å². The topological polar surface area (TPSA) is 71.1 Å². The van der Waals surface area contributed by atoms with Gasteiger partial charge in [0.1, 0.15) is 0 Å². The Labute approximate surface area is 160 Å². The summed E-state index contributed by atoms with van der Waals surface area (Å²) in [5, 5.41) is 3.24. The van der Waals surface area contributed by atoms with Crippen LogP contribution in [-0.2, 0) is 10.0 Å². The van der Waals surface area contributed by atoms with Gasteiger partial charge in [0.05, 0.1) is 21.0 Å². The molecule has 1 aromatic heterocycles. The zero-order valence-corrected chi connectivity index (χ0v) is 17.2. The standard InChI is InChI=1S/C19H29N3O2S2/c1-3-4-14(2)26(23,24)22-16-7-5-15(6-8-16)12-20-17-9-10-18-19(11-17)25-13-21-18/h9-11,13-16,20,22H,3-8,12H2,1-2H3. The van der Waals surface area contributed by atoms with E-state index in [0.29, 0.717) is 5.92 Å². The first-order valence-corrected chi connectivity index (χ1v) is 12.0. The van der Waals surface area contributed by atoms with E-state index >= 15 is 0 Å². The molecule has 1 aliphatic carbocycles. The van der Waals surface area contributed by atoms with Crippen molar-refractivity contribution in [2.24, 2.45) is 5.92 Å². The van der Waals surface area contributed by atoms with Crippen LogP contribution in [0.3, 0.4) is 0 Å². The Bertz CT molecular complexity index is 811. The van der Waals surface area contributed by atoms with Crippen molar-refractivity contribution in [3.05, 3.63) is 23.7 Å². The molecule has 0 saturated heterocycles. The Morgan fingerprint density at radius 3 is 2.77 bits per heavy atom. The third-order valence-electron chi connectivity index (χ3n) is 5.33. The number of anilines is 1. The van der Waals surface area contributed by atoms with Gasteiger partial charge in [-0.2, -0.15) is 0 Å². The fourth-order valence-electron chi connectivity index (χ4n) is 3.62. The van der Waals surface area contributed by atoms with Crippen molar-refractivity contribution in [1.82, 2.24) is 9.71 Å². The average Bonchev–Trinajstić information content (AvgIpc) is 3.09. The van der Waals surface area contributed by atoms with Crippen LogP contribution in [-0.4, -0.2) is 31.2 Å². The Kier molecular flexibility index (Phi) is 6.53. The molecule has 1 atom stereocenters. The minimum absolute atomic E-state index is 0.101. The van der Waals surface area contributed by atoms with Crippen molar-refractivity contribution in [2.45, 2.75) is 63.7 Å². The minimum atomic E-state index is -3.18.